The van der Waals surface area contributed by atoms with Gasteiger partial charge in [0.1, 0.15) is 11.6 Å². The van der Waals surface area contributed by atoms with Crippen molar-refractivity contribution < 1.29 is 8.42 Å². The third-order valence-electron chi connectivity index (χ3n) is 1.75. The Balaban J connectivity index is 2.35. The molecule has 86 valence electrons. The molecular weight excluding hydrogens is 218 g/mol. The minimum Gasteiger partial charge on any atom is -0.382 e. The molecule has 0 aliphatic heterocycles. The van der Waals surface area contributed by atoms with Crippen LogP contribution in [0.3, 0.4) is 0 Å². The molecule has 1 heterocycles. The van der Waals surface area contributed by atoms with E-state index in [4.69, 9.17) is 10.9 Å². The van der Waals surface area contributed by atoms with Crippen molar-refractivity contribution in [1.29, 1.82) is 0 Å². The van der Waals surface area contributed by atoms with E-state index >= 15 is 0 Å². The molecule has 0 aliphatic carbocycles. The quantitative estimate of drug-likeness (QED) is 0.504. The minimum atomic E-state index is -3.38. The summed E-state index contributed by atoms with van der Waals surface area (Å²) in [6, 6.07) is 0. The number of H-pyrrole nitrogens is 1. The summed E-state index contributed by atoms with van der Waals surface area (Å²) in [5.74, 6) is 1.65. The lowest BCUT2D eigenvalue weighted by molar-refractivity contribution is 0.596. The number of primary sulfonamides is 1. The number of anilines is 2. The normalized spacial score (nSPS) is 11.6. The maximum Gasteiger partial charge on any atom is 0.209 e. The van der Waals surface area contributed by atoms with Gasteiger partial charge in [-0.1, -0.05) is 0 Å². The average Bonchev–Trinajstić information content (AvgIpc) is 2.37. The summed E-state index contributed by atoms with van der Waals surface area (Å²) >= 11 is 0. The number of nitrogens with one attached hydrogen (secondary N) is 2. The van der Waals surface area contributed by atoms with Crippen molar-refractivity contribution >= 4 is 21.7 Å². The van der Waals surface area contributed by atoms with Crippen LogP contribution >= 0.6 is 0 Å². The monoisotopic (exact) mass is 233 g/mol. The molecule has 0 aromatic carbocycles. The van der Waals surface area contributed by atoms with Gasteiger partial charge in [0.15, 0.2) is 5.82 Å². The third kappa shape index (κ3) is 4.17. The first-order valence-electron chi connectivity index (χ1n) is 4.45. The predicted octanol–water partition coefficient (Wildman–Crippen LogP) is -0.609. The number of hydrogen-bond donors (Lipinski definition) is 4. The second-order valence-corrected chi connectivity index (χ2v) is 4.97. The number of nitrogens with two attached hydrogens (primary N) is 2. The van der Waals surface area contributed by atoms with Gasteiger partial charge in [0.05, 0.1) is 5.75 Å². The molecule has 0 amide bonds. The van der Waals surface area contributed by atoms with Gasteiger partial charge in [0, 0.05) is 6.54 Å². The van der Waals surface area contributed by atoms with E-state index < -0.39 is 10.0 Å². The van der Waals surface area contributed by atoms with Gasteiger partial charge < -0.3 is 16.0 Å². The molecule has 1 aromatic rings. The number of rotatable bonds is 5. The maximum atomic E-state index is 10.6. The summed E-state index contributed by atoms with van der Waals surface area (Å²) in [6.07, 6.45) is 0.421. The Morgan fingerprint density at radius 3 is 2.67 bits per heavy atom. The Morgan fingerprint density at radius 2 is 2.20 bits per heavy atom. The van der Waals surface area contributed by atoms with Crippen LogP contribution in [-0.4, -0.2) is 30.7 Å². The minimum absolute atomic E-state index is 0.0523. The van der Waals surface area contributed by atoms with E-state index in [-0.39, 0.29) is 5.75 Å². The Labute approximate surface area is 88.3 Å². The molecular formula is C7H15N5O2S. The summed E-state index contributed by atoms with van der Waals surface area (Å²) in [5, 5.41) is 7.77. The smallest absolute Gasteiger partial charge is 0.209 e. The Morgan fingerprint density at radius 1 is 1.53 bits per heavy atom. The highest BCUT2D eigenvalue weighted by atomic mass is 32.2. The number of aryl methyl sites for hydroxylation is 1. The molecule has 0 saturated carbocycles. The van der Waals surface area contributed by atoms with E-state index in [0.29, 0.717) is 30.4 Å². The number of nitrogens with zero attached hydrogens (tertiary/aromatic N) is 1. The van der Waals surface area contributed by atoms with Gasteiger partial charge in [-0.05, 0) is 13.3 Å². The van der Waals surface area contributed by atoms with Crippen LogP contribution in [0.25, 0.3) is 0 Å². The fraction of sp³-hybridized carbons (Fsp3) is 0.571. The van der Waals surface area contributed by atoms with Crippen LogP contribution in [-0.2, 0) is 10.0 Å². The van der Waals surface area contributed by atoms with Gasteiger partial charge in [-0.2, -0.15) is 0 Å². The zero-order valence-electron chi connectivity index (χ0n) is 8.45. The van der Waals surface area contributed by atoms with Crippen LogP contribution in [0.15, 0.2) is 0 Å². The molecule has 8 heteroatoms. The molecule has 0 atom stereocenters. The van der Waals surface area contributed by atoms with Crippen LogP contribution in [0.4, 0.5) is 11.6 Å². The van der Waals surface area contributed by atoms with Crippen LogP contribution in [0, 0.1) is 6.92 Å². The molecule has 6 N–H and O–H groups in total. The van der Waals surface area contributed by atoms with E-state index in [0.717, 1.165) is 0 Å². The third-order valence-corrected chi connectivity index (χ3v) is 2.61. The molecule has 0 fully saturated rings. The second-order valence-electron chi connectivity index (χ2n) is 3.23. The first kappa shape index (κ1) is 11.8. The zero-order valence-corrected chi connectivity index (χ0v) is 9.26. The fourth-order valence-electron chi connectivity index (χ4n) is 1.12. The molecule has 1 rings (SSSR count). The zero-order chi connectivity index (χ0) is 11.5. The number of hydrogen-bond acceptors (Lipinski definition) is 5. The van der Waals surface area contributed by atoms with Crippen molar-refractivity contribution in [3.8, 4) is 0 Å². The van der Waals surface area contributed by atoms with E-state index in [1.165, 1.54) is 0 Å². The van der Waals surface area contributed by atoms with Crippen LogP contribution in [0.2, 0.25) is 0 Å². The summed E-state index contributed by atoms with van der Waals surface area (Å²) in [5.41, 5.74) is 5.59. The van der Waals surface area contributed by atoms with E-state index in [1.54, 1.807) is 6.92 Å². The highest BCUT2D eigenvalue weighted by molar-refractivity contribution is 7.89. The summed E-state index contributed by atoms with van der Waals surface area (Å²) in [6.45, 7) is 2.25. The Bertz CT molecular complexity index is 425. The largest absolute Gasteiger partial charge is 0.382 e. The predicted molar refractivity (Wildman–Crippen MR) is 58.8 cm³/mol. The first-order valence-corrected chi connectivity index (χ1v) is 6.16. The molecule has 0 spiro atoms. The molecule has 7 nitrogen and oxygen atoms in total. The van der Waals surface area contributed by atoms with Crippen molar-refractivity contribution in [2.45, 2.75) is 13.3 Å². The van der Waals surface area contributed by atoms with Gasteiger partial charge in [-0.3, -0.25) is 0 Å². The van der Waals surface area contributed by atoms with E-state index in [1.807, 2.05) is 0 Å². The van der Waals surface area contributed by atoms with Crippen molar-refractivity contribution in [2.75, 3.05) is 23.3 Å². The standard InChI is InChI=1S/C7H15N5O2S/c1-5-11-6(8)7(12-5)10-3-2-4-15(9,13)14/h10H,2-4,8H2,1H3,(H,11,12)(H2,9,13,14). The summed E-state index contributed by atoms with van der Waals surface area (Å²) < 4.78 is 21.2. The average molecular weight is 233 g/mol. The van der Waals surface area contributed by atoms with Gasteiger partial charge in [-0.25, -0.2) is 18.5 Å². The van der Waals surface area contributed by atoms with Gasteiger partial charge >= 0.3 is 0 Å². The maximum absolute atomic E-state index is 10.6. The van der Waals surface area contributed by atoms with Gasteiger partial charge in [-0.15, -0.1) is 0 Å². The molecule has 1 aromatic heterocycles. The molecule has 0 unspecified atom stereocenters. The highest BCUT2D eigenvalue weighted by Crippen LogP contribution is 2.13. The number of nitrogen functional groups attached to an aromatic ring is 1. The first-order chi connectivity index (χ1) is 6.88. The lowest BCUT2D eigenvalue weighted by Crippen LogP contribution is -2.18. The summed E-state index contributed by atoms with van der Waals surface area (Å²) in [7, 11) is -3.38. The SMILES string of the molecule is Cc1nc(NCCCS(N)(=O)=O)c(N)[nH]1. The second kappa shape index (κ2) is 4.49. The van der Waals surface area contributed by atoms with Crippen molar-refractivity contribution in [3.63, 3.8) is 0 Å². The lowest BCUT2D eigenvalue weighted by atomic mass is 10.5. The van der Waals surface area contributed by atoms with Gasteiger partial charge in [0.25, 0.3) is 0 Å². The fourth-order valence-corrected chi connectivity index (χ4v) is 1.67. The Kier molecular flexibility index (Phi) is 3.53. The van der Waals surface area contributed by atoms with Gasteiger partial charge in [0.2, 0.25) is 10.0 Å². The van der Waals surface area contributed by atoms with E-state index in [9.17, 15) is 8.42 Å². The number of sulfonamides is 1. The molecule has 0 saturated heterocycles. The molecule has 15 heavy (non-hydrogen) atoms. The topological polar surface area (TPSA) is 127 Å². The highest BCUT2D eigenvalue weighted by Gasteiger charge is 2.05. The Hall–Kier alpha value is -1.28. The lowest BCUT2D eigenvalue weighted by Gasteiger charge is -2.02. The van der Waals surface area contributed by atoms with Crippen LogP contribution in [0.5, 0.6) is 0 Å². The van der Waals surface area contributed by atoms with Crippen molar-refractivity contribution in [2.24, 2.45) is 5.14 Å². The van der Waals surface area contributed by atoms with E-state index in [2.05, 4.69) is 15.3 Å². The van der Waals surface area contributed by atoms with Crippen molar-refractivity contribution in [3.05, 3.63) is 5.82 Å². The molecule has 0 bridgehead atoms. The van der Waals surface area contributed by atoms with Crippen molar-refractivity contribution in [1.82, 2.24) is 9.97 Å². The number of aromatic nitrogens is 2. The van der Waals surface area contributed by atoms with Crippen LogP contribution < -0.4 is 16.2 Å². The summed E-state index contributed by atoms with van der Waals surface area (Å²) in [4.78, 5) is 6.90. The van der Waals surface area contributed by atoms with Crippen LogP contribution in [0.1, 0.15) is 12.2 Å². The number of imidazole rings is 1. The number of aromatic amines is 1. The molecule has 0 aliphatic rings. The molecule has 0 radical (unpaired) electrons.